The maximum atomic E-state index is 12.2. The van der Waals surface area contributed by atoms with Gasteiger partial charge in [0.15, 0.2) is 0 Å². The summed E-state index contributed by atoms with van der Waals surface area (Å²) in [5, 5.41) is 5.58. The summed E-state index contributed by atoms with van der Waals surface area (Å²) in [5.41, 5.74) is 1.16. The highest BCUT2D eigenvalue weighted by atomic mass is 16.2. The Bertz CT molecular complexity index is 632. The number of rotatable bonds is 3. The van der Waals surface area contributed by atoms with E-state index in [0.717, 1.165) is 18.4 Å². The van der Waals surface area contributed by atoms with E-state index in [4.69, 9.17) is 0 Å². The lowest BCUT2D eigenvalue weighted by molar-refractivity contribution is 0.203. The summed E-state index contributed by atoms with van der Waals surface area (Å²) in [6.45, 7) is 0.642. The Labute approximate surface area is 125 Å². The molecular weight excluding hydrogens is 260 g/mol. The van der Waals surface area contributed by atoms with Gasteiger partial charge >= 0.3 is 6.03 Å². The van der Waals surface area contributed by atoms with Crippen LogP contribution in [0.2, 0.25) is 0 Å². The molecule has 3 nitrogen and oxygen atoms in total. The predicted molar refractivity (Wildman–Crippen MR) is 86.2 cm³/mol. The lowest BCUT2D eigenvalue weighted by atomic mass is 10.1. The van der Waals surface area contributed by atoms with E-state index >= 15 is 0 Å². The van der Waals surface area contributed by atoms with Gasteiger partial charge in [-0.3, -0.25) is 0 Å². The van der Waals surface area contributed by atoms with Crippen LogP contribution >= 0.6 is 0 Å². The zero-order chi connectivity index (χ0) is 14.7. The highest BCUT2D eigenvalue weighted by molar-refractivity contribution is 5.83. The fraction of sp³-hybridized carbons (Fsp3) is 0.389. The highest BCUT2D eigenvalue weighted by Crippen LogP contribution is 2.19. The molecule has 1 saturated carbocycles. The third kappa shape index (κ3) is 3.35. The highest BCUT2D eigenvalue weighted by Gasteiger charge is 2.19. The van der Waals surface area contributed by atoms with Crippen LogP contribution in [0.15, 0.2) is 42.5 Å². The molecule has 0 atom stereocenters. The fourth-order valence-electron chi connectivity index (χ4n) is 3.04. The molecule has 1 N–H and O–H groups in total. The number of urea groups is 1. The average Bonchev–Trinajstić information content (AvgIpc) is 3.00. The molecule has 1 aliphatic carbocycles. The Hall–Kier alpha value is -2.03. The van der Waals surface area contributed by atoms with Crippen molar-refractivity contribution in [3.05, 3.63) is 48.0 Å². The summed E-state index contributed by atoms with van der Waals surface area (Å²) in [4.78, 5) is 13.9. The third-order valence-corrected chi connectivity index (χ3v) is 4.26. The van der Waals surface area contributed by atoms with Crippen molar-refractivity contribution < 1.29 is 4.79 Å². The van der Waals surface area contributed by atoms with Crippen LogP contribution in [0.5, 0.6) is 0 Å². The van der Waals surface area contributed by atoms with Crippen LogP contribution in [0.3, 0.4) is 0 Å². The molecule has 3 heteroatoms. The van der Waals surface area contributed by atoms with E-state index in [2.05, 4.69) is 35.6 Å². The topological polar surface area (TPSA) is 32.3 Å². The van der Waals surface area contributed by atoms with Gasteiger partial charge in [0, 0.05) is 19.6 Å². The number of nitrogens with zero attached hydrogens (tertiary/aromatic N) is 1. The smallest absolute Gasteiger partial charge is 0.317 e. The third-order valence-electron chi connectivity index (χ3n) is 4.26. The SMILES string of the molecule is CN(Cc1ccc2ccccc2c1)C(=O)NC1CCCC1. The largest absolute Gasteiger partial charge is 0.335 e. The van der Waals surface area contributed by atoms with Gasteiger partial charge in [0.05, 0.1) is 0 Å². The second-order valence-corrected chi connectivity index (χ2v) is 5.97. The summed E-state index contributed by atoms with van der Waals surface area (Å²) in [7, 11) is 1.86. The van der Waals surface area contributed by atoms with Crippen LogP contribution in [-0.4, -0.2) is 24.0 Å². The number of nitrogens with one attached hydrogen (secondary N) is 1. The van der Waals surface area contributed by atoms with Gasteiger partial charge in [0.2, 0.25) is 0 Å². The monoisotopic (exact) mass is 282 g/mol. The first kappa shape index (κ1) is 13.9. The van der Waals surface area contributed by atoms with Crippen LogP contribution in [0.4, 0.5) is 4.79 Å². The van der Waals surface area contributed by atoms with E-state index in [1.54, 1.807) is 4.90 Å². The number of carbonyl (C=O) groups excluding carboxylic acids is 1. The minimum atomic E-state index is 0.0371. The number of benzene rings is 2. The molecule has 110 valence electrons. The normalized spacial score (nSPS) is 15.3. The van der Waals surface area contributed by atoms with Gasteiger partial charge in [0.1, 0.15) is 0 Å². The Morgan fingerprint density at radius 1 is 1.14 bits per heavy atom. The van der Waals surface area contributed by atoms with Gasteiger partial charge in [-0.15, -0.1) is 0 Å². The van der Waals surface area contributed by atoms with E-state index < -0.39 is 0 Å². The maximum absolute atomic E-state index is 12.2. The fourth-order valence-corrected chi connectivity index (χ4v) is 3.04. The van der Waals surface area contributed by atoms with Crippen LogP contribution < -0.4 is 5.32 Å². The van der Waals surface area contributed by atoms with Crippen molar-refractivity contribution in [3.8, 4) is 0 Å². The van der Waals surface area contributed by atoms with Crippen molar-refractivity contribution in [1.29, 1.82) is 0 Å². The summed E-state index contributed by atoms with van der Waals surface area (Å²) in [6, 6.07) is 15.1. The molecule has 21 heavy (non-hydrogen) atoms. The molecule has 0 spiro atoms. The summed E-state index contributed by atoms with van der Waals surface area (Å²) >= 11 is 0. The minimum Gasteiger partial charge on any atom is -0.335 e. The molecular formula is C18H22N2O. The van der Waals surface area contributed by atoms with Gasteiger partial charge < -0.3 is 10.2 Å². The second-order valence-electron chi connectivity index (χ2n) is 5.97. The molecule has 2 aromatic rings. The second kappa shape index (κ2) is 6.17. The maximum Gasteiger partial charge on any atom is 0.317 e. The summed E-state index contributed by atoms with van der Waals surface area (Å²) < 4.78 is 0. The molecule has 0 aromatic heterocycles. The molecule has 1 fully saturated rings. The van der Waals surface area contributed by atoms with Crippen LogP contribution in [0, 0.1) is 0 Å². The molecule has 0 saturated heterocycles. The quantitative estimate of drug-likeness (QED) is 0.909. The van der Waals surface area contributed by atoms with Crippen LogP contribution in [0.1, 0.15) is 31.2 Å². The van der Waals surface area contributed by atoms with E-state index in [1.165, 1.54) is 23.6 Å². The predicted octanol–water partition coefficient (Wildman–Crippen LogP) is 3.92. The zero-order valence-corrected chi connectivity index (χ0v) is 12.5. The Morgan fingerprint density at radius 3 is 2.62 bits per heavy atom. The van der Waals surface area contributed by atoms with Crippen molar-refractivity contribution in [2.45, 2.75) is 38.3 Å². The standard InChI is InChI=1S/C18H22N2O/c1-20(18(21)19-17-8-4-5-9-17)13-14-10-11-15-6-2-3-7-16(15)12-14/h2-3,6-7,10-12,17H,4-5,8-9,13H2,1H3,(H,19,21). The van der Waals surface area contributed by atoms with Gasteiger partial charge in [-0.1, -0.05) is 49.2 Å². The van der Waals surface area contributed by atoms with Gasteiger partial charge in [-0.25, -0.2) is 4.79 Å². The summed E-state index contributed by atoms with van der Waals surface area (Å²) in [5.74, 6) is 0. The molecule has 1 aliphatic rings. The number of hydrogen-bond donors (Lipinski definition) is 1. The lowest BCUT2D eigenvalue weighted by Crippen LogP contribution is -2.41. The molecule has 0 aliphatic heterocycles. The Morgan fingerprint density at radius 2 is 1.86 bits per heavy atom. The van der Waals surface area contributed by atoms with Crippen molar-refractivity contribution >= 4 is 16.8 Å². The molecule has 3 rings (SSSR count). The number of carbonyl (C=O) groups is 1. The Balaban J connectivity index is 1.64. The van der Waals surface area contributed by atoms with Gasteiger partial charge in [-0.2, -0.15) is 0 Å². The molecule has 0 radical (unpaired) electrons. The summed E-state index contributed by atoms with van der Waals surface area (Å²) in [6.07, 6.45) is 4.71. The lowest BCUT2D eigenvalue weighted by Gasteiger charge is -2.21. The van der Waals surface area contributed by atoms with E-state index in [-0.39, 0.29) is 6.03 Å². The Kier molecular flexibility index (Phi) is 4.09. The number of amides is 2. The van der Waals surface area contributed by atoms with Gasteiger partial charge in [0.25, 0.3) is 0 Å². The molecule has 0 heterocycles. The van der Waals surface area contributed by atoms with E-state index in [0.29, 0.717) is 12.6 Å². The first-order valence-electron chi connectivity index (χ1n) is 7.72. The number of hydrogen-bond acceptors (Lipinski definition) is 1. The van der Waals surface area contributed by atoms with Crippen molar-refractivity contribution in [3.63, 3.8) is 0 Å². The van der Waals surface area contributed by atoms with E-state index in [1.807, 2.05) is 19.2 Å². The molecule has 0 bridgehead atoms. The first-order chi connectivity index (χ1) is 10.2. The number of fused-ring (bicyclic) bond motifs is 1. The van der Waals surface area contributed by atoms with Crippen LogP contribution in [-0.2, 0) is 6.54 Å². The van der Waals surface area contributed by atoms with Crippen molar-refractivity contribution in [1.82, 2.24) is 10.2 Å². The van der Waals surface area contributed by atoms with Gasteiger partial charge in [-0.05, 0) is 35.2 Å². The first-order valence-corrected chi connectivity index (χ1v) is 7.72. The average molecular weight is 282 g/mol. The van der Waals surface area contributed by atoms with E-state index in [9.17, 15) is 4.79 Å². The van der Waals surface area contributed by atoms with Crippen molar-refractivity contribution in [2.24, 2.45) is 0 Å². The zero-order valence-electron chi connectivity index (χ0n) is 12.5. The van der Waals surface area contributed by atoms with Crippen LogP contribution in [0.25, 0.3) is 10.8 Å². The molecule has 2 amide bonds. The minimum absolute atomic E-state index is 0.0371. The van der Waals surface area contributed by atoms with Crippen molar-refractivity contribution in [2.75, 3.05) is 7.05 Å². The molecule has 0 unspecified atom stereocenters. The molecule has 2 aromatic carbocycles.